The van der Waals surface area contributed by atoms with Gasteiger partial charge in [0.25, 0.3) is 0 Å². The molecular formula is C28H27ClN2O6. The second kappa shape index (κ2) is 12.8. The molecule has 1 aliphatic rings. The SMILES string of the molecule is C=CCOC(=O)Cc1ccc(OC2CCN(C(=O)Oc3ccc(Oc4ccc(Cl)cn4)cc3)CC2)cc1. The number of benzene rings is 2. The zero-order valence-electron chi connectivity index (χ0n) is 20.2. The Hall–Kier alpha value is -4.04. The number of likely N-dealkylation sites (tertiary alicyclic amines) is 1. The van der Waals surface area contributed by atoms with Crippen molar-refractivity contribution in [2.45, 2.75) is 25.4 Å². The van der Waals surface area contributed by atoms with Crippen molar-refractivity contribution in [2.75, 3.05) is 19.7 Å². The smallest absolute Gasteiger partial charge is 0.415 e. The number of amides is 1. The Morgan fingerprint density at radius 3 is 2.30 bits per heavy atom. The van der Waals surface area contributed by atoms with E-state index in [4.69, 9.17) is 30.5 Å². The molecule has 0 saturated carbocycles. The Morgan fingerprint density at radius 1 is 0.973 bits per heavy atom. The van der Waals surface area contributed by atoms with Gasteiger partial charge in [-0.15, -0.1) is 0 Å². The van der Waals surface area contributed by atoms with Crippen LogP contribution < -0.4 is 14.2 Å². The topological polar surface area (TPSA) is 87.2 Å². The molecule has 0 radical (unpaired) electrons. The summed E-state index contributed by atoms with van der Waals surface area (Å²) in [6.45, 7) is 4.79. The first-order chi connectivity index (χ1) is 18.0. The molecule has 4 rings (SSSR count). The molecule has 1 saturated heterocycles. The Labute approximate surface area is 220 Å². The maximum atomic E-state index is 12.6. The summed E-state index contributed by atoms with van der Waals surface area (Å²) in [5.41, 5.74) is 0.847. The Kier molecular flexibility index (Phi) is 8.99. The summed E-state index contributed by atoms with van der Waals surface area (Å²) >= 11 is 5.83. The highest BCUT2D eigenvalue weighted by atomic mass is 35.5. The van der Waals surface area contributed by atoms with Crippen molar-refractivity contribution in [1.82, 2.24) is 9.88 Å². The molecular weight excluding hydrogens is 496 g/mol. The van der Waals surface area contributed by atoms with E-state index in [0.29, 0.717) is 48.3 Å². The third-order valence-electron chi connectivity index (χ3n) is 5.59. The second-order valence-electron chi connectivity index (χ2n) is 8.35. The number of aromatic nitrogens is 1. The molecule has 0 N–H and O–H groups in total. The Balaban J connectivity index is 1.20. The van der Waals surface area contributed by atoms with Crippen LogP contribution in [0.15, 0.2) is 79.5 Å². The fourth-order valence-corrected chi connectivity index (χ4v) is 3.80. The molecule has 0 atom stereocenters. The van der Waals surface area contributed by atoms with E-state index < -0.39 is 6.09 Å². The van der Waals surface area contributed by atoms with Crippen LogP contribution >= 0.6 is 11.6 Å². The van der Waals surface area contributed by atoms with Crippen LogP contribution in [0, 0.1) is 0 Å². The highest BCUT2D eigenvalue weighted by molar-refractivity contribution is 6.30. The number of ether oxygens (including phenoxy) is 4. The summed E-state index contributed by atoms with van der Waals surface area (Å²) in [5.74, 6) is 1.83. The summed E-state index contributed by atoms with van der Waals surface area (Å²) < 4.78 is 22.2. The molecule has 0 unspecified atom stereocenters. The van der Waals surface area contributed by atoms with E-state index in [9.17, 15) is 9.59 Å². The number of hydrogen-bond acceptors (Lipinski definition) is 7. The number of rotatable bonds is 9. The molecule has 2 aromatic carbocycles. The monoisotopic (exact) mass is 522 g/mol. The first-order valence-electron chi connectivity index (χ1n) is 11.9. The lowest BCUT2D eigenvalue weighted by atomic mass is 10.1. The van der Waals surface area contributed by atoms with Gasteiger partial charge in [-0.3, -0.25) is 4.79 Å². The summed E-state index contributed by atoms with van der Waals surface area (Å²) in [6, 6.07) is 17.5. The highest BCUT2D eigenvalue weighted by Crippen LogP contribution is 2.25. The number of hydrogen-bond donors (Lipinski definition) is 0. The number of carbonyl (C=O) groups excluding carboxylic acids is 2. The van der Waals surface area contributed by atoms with Crippen LogP contribution in [0.25, 0.3) is 0 Å². The average Bonchev–Trinajstić information content (AvgIpc) is 2.91. The van der Waals surface area contributed by atoms with E-state index in [-0.39, 0.29) is 25.1 Å². The highest BCUT2D eigenvalue weighted by Gasteiger charge is 2.25. The Morgan fingerprint density at radius 2 is 1.65 bits per heavy atom. The van der Waals surface area contributed by atoms with Gasteiger partial charge in [-0.25, -0.2) is 9.78 Å². The fourth-order valence-electron chi connectivity index (χ4n) is 3.69. The van der Waals surface area contributed by atoms with Gasteiger partial charge in [0.15, 0.2) is 0 Å². The van der Waals surface area contributed by atoms with Gasteiger partial charge in [0, 0.05) is 38.2 Å². The first-order valence-corrected chi connectivity index (χ1v) is 12.2. The van der Waals surface area contributed by atoms with Gasteiger partial charge in [-0.2, -0.15) is 0 Å². The van der Waals surface area contributed by atoms with Gasteiger partial charge in [0.2, 0.25) is 5.88 Å². The molecule has 192 valence electrons. The minimum absolute atomic E-state index is 0.00892. The van der Waals surface area contributed by atoms with E-state index in [0.717, 1.165) is 11.3 Å². The van der Waals surface area contributed by atoms with Crippen molar-refractivity contribution in [3.05, 3.63) is 90.1 Å². The minimum Gasteiger partial charge on any atom is -0.490 e. The third-order valence-corrected chi connectivity index (χ3v) is 5.81. The number of nitrogens with zero attached hydrogens (tertiary/aromatic N) is 2. The van der Waals surface area contributed by atoms with Crippen molar-refractivity contribution >= 4 is 23.7 Å². The minimum atomic E-state index is -0.404. The molecule has 1 aliphatic heterocycles. The van der Waals surface area contributed by atoms with E-state index in [2.05, 4.69) is 11.6 Å². The van der Waals surface area contributed by atoms with Crippen molar-refractivity contribution in [3.63, 3.8) is 0 Å². The number of halogens is 1. The number of carbonyl (C=O) groups is 2. The van der Waals surface area contributed by atoms with Gasteiger partial charge < -0.3 is 23.8 Å². The molecule has 8 nitrogen and oxygen atoms in total. The first kappa shape index (κ1) is 26.0. The van der Waals surface area contributed by atoms with Crippen molar-refractivity contribution in [3.8, 4) is 23.1 Å². The maximum absolute atomic E-state index is 12.6. The summed E-state index contributed by atoms with van der Waals surface area (Å²) in [5, 5.41) is 0.527. The molecule has 1 aromatic heterocycles. The molecule has 1 amide bonds. The number of pyridine rings is 1. The van der Waals surface area contributed by atoms with Gasteiger partial charge in [0.05, 0.1) is 11.4 Å². The van der Waals surface area contributed by atoms with Crippen LogP contribution in [0.4, 0.5) is 4.79 Å². The summed E-state index contributed by atoms with van der Waals surface area (Å²) in [6.07, 6.45) is 4.20. The largest absolute Gasteiger partial charge is 0.490 e. The van der Waals surface area contributed by atoms with Crippen LogP contribution in [0.2, 0.25) is 5.02 Å². The maximum Gasteiger partial charge on any atom is 0.415 e. The predicted octanol–water partition coefficient (Wildman–Crippen LogP) is 5.84. The number of esters is 1. The standard InChI is InChI=1S/C28H27ClN2O6/c1-2-17-34-27(32)18-20-3-6-22(7-4-20)35-25-13-15-31(16-14-25)28(33)37-24-10-8-23(9-11-24)36-26-12-5-21(29)19-30-26/h2-12,19,25H,1,13-18H2. The molecule has 2 heterocycles. The van der Waals surface area contributed by atoms with Crippen LogP contribution in [0.3, 0.4) is 0 Å². The van der Waals surface area contributed by atoms with Gasteiger partial charge >= 0.3 is 12.1 Å². The van der Waals surface area contributed by atoms with Crippen LogP contribution in [0.1, 0.15) is 18.4 Å². The van der Waals surface area contributed by atoms with Crippen molar-refractivity contribution in [2.24, 2.45) is 0 Å². The predicted molar refractivity (Wildman–Crippen MR) is 138 cm³/mol. The Bertz CT molecular complexity index is 1190. The van der Waals surface area contributed by atoms with Crippen molar-refractivity contribution < 1.29 is 28.5 Å². The lowest BCUT2D eigenvalue weighted by Gasteiger charge is -2.31. The number of piperidine rings is 1. The fraction of sp³-hybridized carbons (Fsp3) is 0.250. The zero-order chi connectivity index (χ0) is 26.0. The van der Waals surface area contributed by atoms with E-state index in [1.54, 1.807) is 41.3 Å². The third kappa shape index (κ3) is 7.98. The quantitative estimate of drug-likeness (QED) is 0.257. The normalized spacial score (nSPS) is 13.5. The lowest BCUT2D eigenvalue weighted by Crippen LogP contribution is -2.43. The van der Waals surface area contributed by atoms with Gasteiger partial charge in [-0.05, 0) is 48.0 Å². The van der Waals surface area contributed by atoms with Gasteiger partial charge in [-0.1, -0.05) is 36.4 Å². The van der Waals surface area contributed by atoms with Gasteiger partial charge in [0.1, 0.15) is 30.0 Å². The zero-order valence-corrected chi connectivity index (χ0v) is 20.9. The molecule has 9 heteroatoms. The molecule has 1 fully saturated rings. The van der Waals surface area contributed by atoms with Crippen LogP contribution in [-0.4, -0.2) is 47.7 Å². The molecule has 0 aliphatic carbocycles. The van der Waals surface area contributed by atoms with E-state index in [1.807, 2.05) is 24.3 Å². The van der Waals surface area contributed by atoms with Crippen LogP contribution in [-0.2, 0) is 16.0 Å². The van der Waals surface area contributed by atoms with Crippen molar-refractivity contribution in [1.29, 1.82) is 0 Å². The van der Waals surface area contributed by atoms with Crippen LogP contribution in [0.5, 0.6) is 23.1 Å². The van der Waals surface area contributed by atoms with E-state index >= 15 is 0 Å². The second-order valence-corrected chi connectivity index (χ2v) is 8.79. The lowest BCUT2D eigenvalue weighted by molar-refractivity contribution is -0.141. The molecule has 3 aromatic rings. The summed E-state index contributed by atoms with van der Waals surface area (Å²) in [7, 11) is 0. The molecule has 0 bridgehead atoms. The molecule has 37 heavy (non-hydrogen) atoms. The molecule has 0 spiro atoms. The summed E-state index contributed by atoms with van der Waals surface area (Å²) in [4.78, 5) is 30.1. The van der Waals surface area contributed by atoms with E-state index in [1.165, 1.54) is 12.3 Å². The average molecular weight is 523 g/mol.